The van der Waals surface area contributed by atoms with Crippen LogP contribution < -0.4 is 10.7 Å². The Kier molecular flexibility index (Phi) is 5.37. The number of rotatable bonds is 4. The van der Waals surface area contributed by atoms with Crippen LogP contribution in [0.2, 0.25) is 0 Å². The molecule has 0 bridgehead atoms. The van der Waals surface area contributed by atoms with Gasteiger partial charge in [-0.15, -0.1) is 0 Å². The van der Waals surface area contributed by atoms with Crippen LogP contribution in [0.15, 0.2) is 29.4 Å². The zero-order valence-corrected chi connectivity index (χ0v) is 11.8. The number of non-ortho nitro benzene ring substituents is 1. The van der Waals surface area contributed by atoms with Gasteiger partial charge in [0.05, 0.1) is 10.6 Å². The minimum absolute atomic E-state index is 0.0569. The third-order valence-corrected chi connectivity index (χ3v) is 2.45. The van der Waals surface area contributed by atoms with Crippen LogP contribution in [0.5, 0.6) is 0 Å². The summed E-state index contributed by atoms with van der Waals surface area (Å²) in [7, 11) is 0. The lowest BCUT2D eigenvalue weighted by Crippen LogP contribution is -2.37. The molecule has 1 rings (SSSR count). The molecule has 0 heterocycles. The fourth-order valence-corrected chi connectivity index (χ4v) is 1.60. The molecule has 2 N–H and O–H groups in total. The molecule has 0 saturated carbocycles. The first-order chi connectivity index (χ1) is 8.90. The molecule has 0 unspecified atom stereocenters. The fourth-order valence-electron chi connectivity index (χ4n) is 1.32. The second-order valence-corrected chi connectivity index (χ2v) is 4.65. The molecule has 0 saturated heterocycles. The molecule has 0 atom stereocenters. The Morgan fingerprint density at radius 1 is 1.37 bits per heavy atom. The van der Waals surface area contributed by atoms with Crippen LogP contribution in [0.3, 0.4) is 0 Å². The molecule has 6 nitrogen and oxygen atoms in total. The first-order valence-electron chi connectivity index (χ1n) is 5.75. The summed E-state index contributed by atoms with van der Waals surface area (Å²) in [6.07, 6.45) is 0. The van der Waals surface area contributed by atoms with Crippen molar-refractivity contribution >= 4 is 28.7 Å². The van der Waals surface area contributed by atoms with Crippen molar-refractivity contribution in [2.75, 3.05) is 0 Å². The Hall–Kier alpha value is -2.02. The molecule has 1 aromatic rings. The maximum atomic E-state index is 10.5. The molecule has 7 heteroatoms. The van der Waals surface area contributed by atoms with E-state index in [0.717, 1.165) is 5.56 Å². The summed E-state index contributed by atoms with van der Waals surface area (Å²) >= 11 is 5.03. The summed E-state index contributed by atoms with van der Waals surface area (Å²) in [5.41, 5.74) is 4.27. The van der Waals surface area contributed by atoms with E-state index in [-0.39, 0.29) is 11.7 Å². The maximum Gasteiger partial charge on any atom is 0.269 e. The van der Waals surface area contributed by atoms with Gasteiger partial charge in [-0.25, -0.2) is 0 Å². The summed E-state index contributed by atoms with van der Waals surface area (Å²) in [4.78, 5) is 10.1. The van der Waals surface area contributed by atoms with Crippen molar-refractivity contribution in [2.45, 2.75) is 26.8 Å². The van der Waals surface area contributed by atoms with Crippen LogP contribution in [-0.4, -0.2) is 21.8 Å². The van der Waals surface area contributed by atoms with Crippen molar-refractivity contribution in [2.24, 2.45) is 5.10 Å². The molecule has 19 heavy (non-hydrogen) atoms. The van der Waals surface area contributed by atoms with Gasteiger partial charge in [-0.3, -0.25) is 15.5 Å². The Bertz CT molecular complexity index is 497. The van der Waals surface area contributed by atoms with Crippen molar-refractivity contribution in [3.63, 3.8) is 0 Å². The first-order valence-corrected chi connectivity index (χ1v) is 6.16. The third kappa shape index (κ3) is 5.01. The summed E-state index contributed by atoms with van der Waals surface area (Å²) in [5, 5.41) is 18.1. The van der Waals surface area contributed by atoms with Gasteiger partial charge in [0.1, 0.15) is 0 Å². The molecular formula is C12H16N4O2S. The summed E-state index contributed by atoms with van der Waals surface area (Å²) < 4.78 is 0. The van der Waals surface area contributed by atoms with Gasteiger partial charge >= 0.3 is 0 Å². The molecule has 0 radical (unpaired) electrons. The van der Waals surface area contributed by atoms with E-state index < -0.39 is 4.92 Å². The van der Waals surface area contributed by atoms with Crippen LogP contribution in [-0.2, 0) is 0 Å². The summed E-state index contributed by atoms with van der Waals surface area (Å²) in [6, 6.07) is 6.42. The second kappa shape index (κ2) is 6.79. The molecule has 0 aliphatic heterocycles. The van der Waals surface area contributed by atoms with E-state index in [1.165, 1.54) is 12.1 Å². The lowest BCUT2D eigenvalue weighted by molar-refractivity contribution is -0.384. The molecule has 0 aromatic heterocycles. The van der Waals surface area contributed by atoms with E-state index in [0.29, 0.717) is 10.8 Å². The van der Waals surface area contributed by atoms with Crippen LogP contribution in [0.25, 0.3) is 0 Å². The van der Waals surface area contributed by atoms with E-state index in [1.54, 1.807) is 19.1 Å². The predicted molar refractivity (Wildman–Crippen MR) is 79.3 cm³/mol. The van der Waals surface area contributed by atoms with E-state index in [1.807, 2.05) is 13.8 Å². The highest BCUT2D eigenvalue weighted by molar-refractivity contribution is 7.80. The predicted octanol–water partition coefficient (Wildman–Crippen LogP) is 2.19. The van der Waals surface area contributed by atoms with Crippen LogP contribution in [0.4, 0.5) is 5.69 Å². The van der Waals surface area contributed by atoms with Gasteiger partial charge in [0.25, 0.3) is 5.69 Å². The van der Waals surface area contributed by atoms with Gasteiger partial charge in [0, 0.05) is 18.2 Å². The molecule has 0 fully saturated rings. The largest absolute Gasteiger partial charge is 0.359 e. The summed E-state index contributed by atoms with van der Waals surface area (Å²) in [5.74, 6) is 0. The molecule has 0 aliphatic carbocycles. The molecule has 0 aliphatic rings. The maximum absolute atomic E-state index is 10.5. The van der Waals surface area contributed by atoms with E-state index >= 15 is 0 Å². The topological polar surface area (TPSA) is 79.6 Å². The van der Waals surface area contributed by atoms with Crippen molar-refractivity contribution in [3.05, 3.63) is 39.9 Å². The molecule has 1 aromatic carbocycles. The number of nitrogens with one attached hydrogen (secondary N) is 2. The van der Waals surface area contributed by atoms with E-state index in [9.17, 15) is 10.1 Å². The van der Waals surface area contributed by atoms with Crippen molar-refractivity contribution in [3.8, 4) is 0 Å². The number of nitrogens with zero attached hydrogens (tertiary/aromatic N) is 2. The van der Waals surface area contributed by atoms with Crippen LogP contribution in [0.1, 0.15) is 26.3 Å². The number of hydrogen-bond donors (Lipinski definition) is 2. The highest BCUT2D eigenvalue weighted by Gasteiger charge is 2.05. The quantitative estimate of drug-likeness (QED) is 0.382. The number of nitro benzene ring substituents is 1. The highest BCUT2D eigenvalue weighted by Crippen LogP contribution is 2.12. The van der Waals surface area contributed by atoms with Crippen LogP contribution >= 0.6 is 12.2 Å². The lowest BCUT2D eigenvalue weighted by Gasteiger charge is -2.10. The number of nitro groups is 1. The minimum Gasteiger partial charge on any atom is -0.359 e. The minimum atomic E-state index is -0.434. The average molecular weight is 280 g/mol. The Balaban J connectivity index is 2.69. The molecular weight excluding hydrogens is 264 g/mol. The summed E-state index contributed by atoms with van der Waals surface area (Å²) in [6.45, 7) is 5.74. The Labute approximate surface area is 117 Å². The first kappa shape index (κ1) is 15.0. The van der Waals surface area contributed by atoms with Crippen molar-refractivity contribution in [1.82, 2.24) is 10.7 Å². The van der Waals surface area contributed by atoms with Crippen LogP contribution in [0, 0.1) is 10.1 Å². The van der Waals surface area contributed by atoms with Crippen molar-refractivity contribution in [1.29, 1.82) is 0 Å². The van der Waals surface area contributed by atoms with E-state index in [4.69, 9.17) is 12.2 Å². The smallest absolute Gasteiger partial charge is 0.269 e. The monoisotopic (exact) mass is 280 g/mol. The fraction of sp³-hybridized carbons (Fsp3) is 0.333. The number of hydrogen-bond acceptors (Lipinski definition) is 4. The van der Waals surface area contributed by atoms with Gasteiger partial charge in [-0.1, -0.05) is 0 Å². The standard InChI is InChI=1S/C12H16N4O2S/c1-8(2)13-12(19)15-14-9(3)10-4-6-11(7-5-10)16(17)18/h4-8H,1-3H3,(H2,13,15,19). The molecule has 0 spiro atoms. The van der Waals surface area contributed by atoms with Crippen molar-refractivity contribution < 1.29 is 4.92 Å². The molecule has 102 valence electrons. The average Bonchev–Trinajstić information content (AvgIpc) is 2.35. The molecule has 0 amide bonds. The van der Waals surface area contributed by atoms with Gasteiger partial charge < -0.3 is 5.32 Å². The normalized spacial score (nSPS) is 11.3. The Morgan fingerprint density at radius 2 is 1.95 bits per heavy atom. The van der Waals surface area contributed by atoms with Gasteiger partial charge in [0.2, 0.25) is 0 Å². The highest BCUT2D eigenvalue weighted by atomic mass is 32.1. The SMILES string of the molecule is CC(=NNC(=S)NC(C)C)c1ccc([N+](=O)[O-])cc1. The number of hydrazone groups is 1. The third-order valence-electron chi connectivity index (χ3n) is 2.24. The number of thiocarbonyl (C=S) groups is 1. The zero-order chi connectivity index (χ0) is 14.4. The van der Waals surface area contributed by atoms with E-state index in [2.05, 4.69) is 15.8 Å². The number of benzene rings is 1. The zero-order valence-electron chi connectivity index (χ0n) is 11.0. The van der Waals surface area contributed by atoms with Gasteiger partial charge in [-0.05, 0) is 50.7 Å². The Morgan fingerprint density at radius 3 is 2.42 bits per heavy atom. The van der Waals surface area contributed by atoms with Gasteiger partial charge in [0.15, 0.2) is 5.11 Å². The van der Waals surface area contributed by atoms with Gasteiger partial charge in [-0.2, -0.15) is 5.10 Å². The second-order valence-electron chi connectivity index (χ2n) is 4.24. The lowest BCUT2D eigenvalue weighted by atomic mass is 10.1.